The van der Waals surface area contributed by atoms with Crippen molar-refractivity contribution in [3.8, 4) is 0 Å². The molecule has 0 bridgehead atoms. The zero-order valence-electron chi connectivity index (χ0n) is 15.2. The Bertz CT molecular complexity index is 774. The average Bonchev–Trinajstić information content (AvgIpc) is 2.99. The second-order valence-electron chi connectivity index (χ2n) is 7.59. The number of amides is 2. The van der Waals surface area contributed by atoms with Gasteiger partial charge in [0, 0.05) is 11.7 Å². The van der Waals surface area contributed by atoms with E-state index in [0.29, 0.717) is 0 Å². The number of carbonyl (C=O) groups is 2. The van der Waals surface area contributed by atoms with E-state index in [0.717, 1.165) is 11.3 Å². The van der Waals surface area contributed by atoms with Crippen LogP contribution in [0.25, 0.3) is 0 Å². The van der Waals surface area contributed by atoms with Crippen LogP contribution in [0.1, 0.15) is 51.0 Å². The highest BCUT2D eigenvalue weighted by atomic mass is 16.2. The van der Waals surface area contributed by atoms with Crippen molar-refractivity contribution < 1.29 is 9.59 Å². The summed E-state index contributed by atoms with van der Waals surface area (Å²) in [4.78, 5) is 27.6. The molecule has 5 heteroatoms. The van der Waals surface area contributed by atoms with E-state index < -0.39 is 6.04 Å². The van der Waals surface area contributed by atoms with Crippen LogP contribution in [0, 0.1) is 0 Å². The summed E-state index contributed by atoms with van der Waals surface area (Å²) in [5.74, 6) is -0.197. The zero-order valence-corrected chi connectivity index (χ0v) is 15.2. The molecule has 0 radical (unpaired) electrons. The highest BCUT2D eigenvalue weighted by Gasteiger charge is 2.41. The molecule has 0 saturated carbocycles. The molecule has 5 nitrogen and oxygen atoms in total. The van der Waals surface area contributed by atoms with Crippen molar-refractivity contribution in [3.63, 3.8) is 0 Å². The van der Waals surface area contributed by atoms with Crippen LogP contribution < -0.4 is 5.32 Å². The number of hydrogen-bond donors (Lipinski definition) is 1. The normalized spacial score (nSPS) is 18.6. The van der Waals surface area contributed by atoms with E-state index in [1.165, 1.54) is 0 Å². The van der Waals surface area contributed by atoms with E-state index in [1.807, 2.05) is 80.9 Å². The number of carbonyl (C=O) groups excluding carboxylic acids is 2. The van der Waals surface area contributed by atoms with Gasteiger partial charge in [0.2, 0.25) is 11.8 Å². The highest BCUT2D eigenvalue weighted by molar-refractivity contribution is 5.90. The predicted octanol–water partition coefficient (Wildman–Crippen LogP) is 3.05. The number of nitrogens with zero attached hydrogens (tertiary/aromatic N) is 2. The van der Waals surface area contributed by atoms with Gasteiger partial charge in [-0.25, -0.2) is 0 Å². The van der Waals surface area contributed by atoms with Gasteiger partial charge < -0.3 is 14.8 Å². The second-order valence-corrected chi connectivity index (χ2v) is 7.59. The third kappa shape index (κ3) is 3.45. The minimum atomic E-state index is -0.634. The molecule has 25 heavy (non-hydrogen) atoms. The van der Waals surface area contributed by atoms with E-state index in [2.05, 4.69) is 5.32 Å². The average molecular weight is 339 g/mol. The van der Waals surface area contributed by atoms with E-state index >= 15 is 0 Å². The van der Waals surface area contributed by atoms with Gasteiger partial charge in [-0.15, -0.1) is 0 Å². The third-order valence-corrected chi connectivity index (χ3v) is 4.46. The first-order chi connectivity index (χ1) is 11.8. The number of aromatic nitrogens is 1. The first-order valence-electron chi connectivity index (χ1n) is 8.61. The van der Waals surface area contributed by atoms with Crippen molar-refractivity contribution in [1.82, 2.24) is 14.8 Å². The van der Waals surface area contributed by atoms with Crippen LogP contribution in [0.3, 0.4) is 0 Å². The fourth-order valence-corrected chi connectivity index (χ4v) is 3.36. The second kappa shape index (κ2) is 6.39. The van der Waals surface area contributed by atoms with E-state index in [-0.39, 0.29) is 29.9 Å². The molecule has 1 unspecified atom stereocenters. The summed E-state index contributed by atoms with van der Waals surface area (Å²) in [6, 6.07) is 12.8. The Kier molecular flexibility index (Phi) is 4.41. The smallest absolute Gasteiger partial charge is 0.249 e. The molecule has 0 spiro atoms. The summed E-state index contributed by atoms with van der Waals surface area (Å²) in [5, 5.41) is 3.03. The molecule has 0 fully saturated rings. The number of rotatable bonds is 3. The number of benzene rings is 1. The Morgan fingerprint density at radius 3 is 2.48 bits per heavy atom. The summed E-state index contributed by atoms with van der Waals surface area (Å²) < 4.78 is 1.86. The van der Waals surface area contributed by atoms with Gasteiger partial charge in [-0.3, -0.25) is 9.59 Å². The zero-order chi connectivity index (χ0) is 18.2. The van der Waals surface area contributed by atoms with E-state index in [1.54, 1.807) is 4.90 Å². The van der Waals surface area contributed by atoms with Crippen LogP contribution in [-0.2, 0) is 16.1 Å². The van der Waals surface area contributed by atoms with Crippen LogP contribution >= 0.6 is 0 Å². The molecular weight excluding hydrogens is 314 g/mol. The van der Waals surface area contributed by atoms with Crippen molar-refractivity contribution in [3.05, 3.63) is 59.9 Å². The third-order valence-electron chi connectivity index (χ3n) is 4.46. The standard InChI is InChI=1S/C20H25N3O2/c1-14(15-9-6-5-7-10-15)23-17(24)13-22-12-8-11-16(22)18(23)19(25)21-20(2,3)4/h5-12,14,18H,13H2,1-4H3,(H,21,25)/t14-,18?/m1/s1. The maximum Gasteiger partial charge on any atom is 0.249 e. The molecule has 1 N–H and O–H groups in total. The van der Waals surface area contributed by atoms with Gasteiger partial charge in [-0.05, 0) is 45.4 Å². The lowest BCUT2D eigenvalue weighted by Crippen LogP contribution is -2.53. The highest BCUT2D eigenvalue weighted by Crippen LogP contribution is 2.35. The lowest BCUT2D eigenvalue weighted by Gasteiger charge is -2.41. The van der Waals surface area contributed by atoms with Gasteiger partial charge in [0.15, 0.2) is 6.04 Å². The SMILES string of the molecule is C[C@H](c1ccccc1)N1C(=O)Cn2cccc2C1C(=O)NC(C)(C)C. The fourth-order valence-electron chi connectivity index (χ4n) is 3.36. The van der Waals surface area contributed by atoms with Crippen molar-refractivity contribution in [1.29, 1.82) is 0 Å². The number of fused-ring (bicyclic) bond motifs is 1. The number of nitrogens with one attached hydrogen (secondary N) is 1. The minimum absolute atomic E-state index is 0.0471. The molecule has 1 aromatic heterocycles. The topological polar surface area (TPSA) is 54.3 Å². The summed E-state index contributed by atoms with van der Waals surface area (Å²) in [5.41, 5.74) is 1.50. The van der Waals surface area contributed by atoms with Crippen molar-refractivity contribution in [2.24, 2.45) is 0 Å². The van der Waals surface area contributed by atoms with Gasteiger partial charge in [-0.2, -0.15) is 0 Å². The van der Waals surface area contributed by atoms with Crippen LogP contribution in [0.4, 0.5) is 0 Å². The van der Waals surface area contributed by atoms with Crippen molar-refractivity contribution in [2.45, 2.75) is 51.9 Å². The molecule has 1 aliphatic rings. The Morgan fingerprint density at radius 1 is 1.16 bits per heavy atom. The van der Waals surface area contributed by atoms with Gasteiger partial charge in [0.05, 0.1) is 11.7 Å². The molecule has 2 atom stereocenters. The molecule has 1 aliphatic heterocycles. The first kappa shape index (κ1) is 17.3. The maximum absolute atomic E-state index is 13.0. The quantitative estimate of drug-likeness (QED) is 0.934. The van der Waals surface area contributed by atoms with Crippen LogP contribution in [0.5, 0.6) is 0 Å². The van der Waals surface area contributed by atoms with Crippen molar-refractivity contribution in [2.75, 3.05) is 0 Å². The summed E-state index contributed by atoms with van der Waals surface area (Å²) >= 11 is 0. The molecule has 3 rings (SSSR count). The lowest BCUT2D eigenvalue weighted by molar-refractivity contribution is -0.147. The molecule has 0 saturated heterocycles. The van der Waals surface area contributed by atoms with Gasteiger partial charge in [0.25, 0.3) is 0 Å². The Morgan fingerprint density at radius 2 is 1.84 bits per heavy atom. The molecule has 0 aliphatic carbocycles. The van der Waals surface area contributed by atoms with Crippen LogP contribution in [-0.4, -0.2) is 26.8 Å². The van der Waals surface area contributed by atoms with E-state index in [9.17, 15) is 9.59 Å². The van der Waals surface area contributed by atoms with E-state index in [4.69, 9.17) is 0 Å². The summed E-state index contributed by atoms with van der Waals surface area (Å²) in [7, 11) is 0. The molecule has 2 amide bonds. The molecule has 2 aromatic rings. The van der Waals surface area contributed by atoms with Crippen LogP contribution in [0.2, 0.25) is 0 Å². The Hall–Kier alpha value is -2.56. The Balaban J connectivity index is 2.02. The monoisotopic (exact) mass is 339 g/mol. The largest absolute Gasteiger partial charge is 0.349 e. The van der Waals surface area contributed by atoms with Gasteiger partial charge >= 0.3 is 0 Å². The first-order valence-corrected chi connectivity index (χ1v) is 8.61. The molecule has 2 heterocycles. The number of hydrogen-bond acceptors (Lipinski definition) is 2. The van der Waals surface area contributed by atoms with Gasteiger partial charge in [-0.1, -0.05) is 30.3 Å². The van der Waals surface area contributed by atoms with Crippen molar-refractivity contribution >= 4 is 11.8 Å². The predicted molar refractivity (Wildman–Crippen MR) is 96.8 cm³/mol. The summed E-state index contributed by atoms with van der Waals surface area (Å²) in [6.07, 6.45) is 1.86. The minimum Gasteiger partial charge on any atom is -0.349 e. The Labute approximate surface area is 148 Å². The van der Waals surface area contributed by atoms with Crippen LogP contribution in [0.15, 0.2) is 48.7 Å². The molecule has 132 valence electrons. The van der Waals surface area contributed by atoms with Gasteiger partial charge in [0.1, 0.15) is 6.54 Å². The molecular formula is C20H25N3O2. The maximum atomic E-state index is 13.0. The lowest BCUT2D eigenvalue weighted by atomic mass is 9.99. The summed E-state index contributed by atoms with van der Waals surface area (Å²) in [6.45, 7) is 8.07. The fraction of sp³-hybridized carbons (Fsp3) is 0.400. The molecule has 1 aromatic carbocycles.